The van der Waals surface area contributed by atoms with Crippen LogP contribution >= 0.6 is 0 Å². The monoisotopic (exact) mass is 249 g/mol. The van der Waals surface area contributed by atoms with Gasteiger partial charge in [-0.1, -0.05) is 12.1 Å². The summed E-state index contributed by atoms with van der Waals surface area (Å²) in [5, 5.41) is 3.37. The van der Waals surface area contributed by atoms with Crippen molar-refractivity contribution in [1.82, 2.24) is 5.32 Å². The Bertz CT molecular complexity index is 398. The van der Waals surface area contributed by atoms with Crippen molar-refractivity contribution in [2.75, 3.05) is 20.8 Å². The predicted octanol–water partition coefficient (Wildman–Crippen LogP) is 1.70. The minimum Gasteiger partial charge on any atom is -0.497 e. The zero-order valence-electron chi connectivity index (χ0n) is 10.8. The molecule has 1 N–H and O–H groups in total. The molecule has 0 spiro atoms. The van der Waals surface area contributed by atoms with Crippen molar-refractivity contribution in [3.05, 3.63) is 29.8 Å². The molecule has 0 radical (unpaired) electrons. The fourth-order valence-electron chi connectivity index (χ4n) is 1.89. The highest BCUT2D eigenvalue weighted by Crippen LogP contribution is 2.23. The first kappa shape index (κ1) is 12.9. The number of carbonyl (C=O) groups excluding carboxylic acids is 1. The Hall–Kier alpha value is -1.55. The smallest absolute Gasteiger partial charge is 0.314 e. The molecule has 1 aliphatic rings. The maximum Gasteiger partial charge on any atom is 0.314 e. The first-order valence-electron chi connectivity index (χ1n) is 6.19. The summed E-state index contributed by atoms with van der Waals surface area (Å²) in [7, 11) is 3.05. The summed E-state index contributed by atoms with van der Waals surface area (Å²) < 4.78 is 9.98. The third-order valence-electron chi connectivity index (χ3n) is 3.19. The highest BCUT2D eigenvalue weighted by Gasteiger charge is 2.26. The molecule has 1 saturated carbocycles. The molecule has 0 aliphatic heterocycles. The molecule has 98 valence electrons. The Morgan fingerprint density at radius 3 is 2.50 bits per heavy atom. The van der Waals surface area contributed by atoms with Crippen molar-refractivity contribution < 1.29 is 14.3 Å². The fourth-order valence-corrected chi connectivity index (χ4v) is 1.89. The van der Waals surface area contributed by atoms with Crippen molar-refractivity contribution in [2.24, 2.45) is 0 Å². The zero-order chi connectivity index (χ0) is 13.0. The summed E-state index contributed by atoms with van der Waals surface area (Å²) >= 11 is 0. The molecular weight excluding hydrogens is 230 g/mol. The lowest BCUT2D eigenvalue weighted by molar-refractivity contribution is -0.142. The molecule has 1 aromatic carbocycles. The molecule has 1 unspecified atom stereocenters. The Labute approximate surface area is 107 Å². The quantitative estimate of drug-likeness (QED) is 0.780. The molecule has 4 nitrogen and oxygen atoms in total. The number of benzene rings is 1. The molecule has 4 heteroatoms. The van der Waals surface area contributed by atoms with Crippen molar-refractivity contribution >= 4 is 5.97 Å². The average molecular weight is 249 g/mol. The van der Waals surface area contributed by atoms with Crippen LogP contribution in [0.4, 0.5) is 0 Å². The van der Waals surface area contributed by atoms with Crippen molar-refractivity contribution in [3.63, 3.8) is 0 Å². The lowest BCUT2D eigenvalue weighted by Gasteiger charge is -2.16. The summed E-state index contributed by atoms with van der Waals surface area (Å²) in [6, 6.07) is 8.13. The lowest BCUT2D eigenvalue weighted by Crippen LogP contribution is -2.29. The van der Waals surface area contributed by atoms with Crippen LogP contribution in [-0.4, -0.2) is 32.8 Å². The van der Waals surface area contributed by atoms with Crippen LogP contribution in [0.5, 0.6) is 5.75 Å². The highest BCUT2D eigenvalue weighted by molar-refractivity contribution is 5.78. The van der Waals surface area contributed by atoms with Gasteiger partial charge in [-0.15, -0.1) is 0 Å². The van der Waals surface area contributed by atoms with Crippen molar-refractivity contribution in [1.29, 1.82) is 0 Å². The van der Waals surface area contributed by atoms with Crippen molar-refractivity contribution in [2.45, 2.75) is 24.8 Å². The van der Waals surface area contributed by atoms with Crippen LogP contribution in [0, 0.1) is 0 Å². The van der Waals surface area contributed by atoms with Gasteiger partial charge in [0.15, 0.2) is 0 Å². The Balaban J connectivity index is 2.06. The lowest BCUT2D eigenvalue weighted by atomic mass is 9.99. The van der Waals surface area contributed by atoms with Crippen LogP contribution in [0.15, 0.2) is 24.3 Å². The number of hydrogen-bond donors (Lipinski definition) is 1. The number of methoxy groups -OCH3 is 2. The van der Waals surface area contributed by atoms with E-state index < -0.39 is 0 Å². The van der Waals surface area contributed by atoms with E-state index in [9.17, 15) is 4.79 Å². The van der Waals surface area contributed by atoms with Crippen LogP contribution in [-0.2, 0) is 9.53 Å². The van der Waals surface area contributed by atoms with Gasteiger partial charge in [0, 0.05) is 12.6 Å². The summed E-state index contributed by atoms with van der Waals surface area (Å²) in [6.07, 6.45) is 2.41. The number of ether oxygens (including phenoxy) is 2. The van der Waals surface area contributed by atoms with Gasteiger partial charge in [-0.05, 0) is 30.5 Å². The van der Waals surface area contributed by atoms with Crippen LogP contribution < -0.4 is 10.1 Å². The van der Waals surface area contributed by atoms with Gasteiger partial charge in [0.05, 0.1) is 20.1 Å². The summed E-state index contributed by atoms with van der Waals surface area (Å²) in [5.74, 6) is 0.340. The van der Waals surface area contributed by atoms with Gasteiger partial charge < -0.3 is 14.8 Å². The van der Waals surface area contributed by atoms with Gasteiger partial charge in [-0.25, -0.2) is 0 Å². The van der Waals surface area contributed by atoms with E-state index >= 15 is 0 Å². The second kappa shape index (κ2) is 5.87. The summed E-state index contributed by atoms with van der Waals surface area (Å²) in [6.45, 7) is 0.629. The zero-order valence-corrected chi connectivity index (χ0v) is 10.8. The maximum atomic E-state index is 11.8. The first-order valence-corrected chi connectivity index (χ1v) is 6.19. The largest absolute Gasteiger partial charge is 0.497 e. The van der Waals surface area contributed by atoms with E-state index in [1.54, 1.807) is 7.11 Å². The molecular formula is C14H19NO3. The van der Waals surface area contributed by atoms with E-state index in [4.69, 9.17) is 9.47 Å². The van der Waals surface area contributed by atoms with Gasteiger partial charge in [-0.2, -0.15) is 0 Å². The second-order valence-electron chi connectivity index (χ2n) is 4.53. The van der Waals surface area contributed by atoms with E-state index in [-0.39, 0.29) is 11.9 Å². The molecule has 0 aromatic heterocycles. The average Bonchev–Trinajstić information content (AvgIpc) is 3.23. The molecule has 1 aromatic rings. The Morgan fingerprint density at radius 2 is 2.00 bits per heavy atom. The van der Waals surface area contributed by atoms with Gasteiger partial charge in [-0.3, -0.25) is 4.79 Å². The molecule has 2 rings (SSSR count). The Kier molecular flexibility index (Phi) is 4.20. The fraction of sp³-hybridized carbons (Fsp3) is 0.500. The summed E-state index contributed by atoms with van der Waals surface area (Å²) in [4.78, 5) is 11.8. The minimum absolute atomic E-state index is 0.201. The van der Waals surface area contributed by atoms with Gasteiger partial charge in [0.1, 0.15) is 5.75 Å². The minimum atomic E-state index is -0.249. The number of nitrogens with one attached hydrogen (secondary N) is 1. The van der Waals surface area contributed by atoms with Crippen molar-refractivity contribution in [3.8, 4) is 5.75 Å². The highest BCUT2D eigenvalue weighted by atomic mass is 16.5. The third-order valence-corrected chi connectivity index (χ3v) is 3.19. The molecule has 0 heterocycles. The molecule has 18 heavy (non-hydrogen) atoms. The van der Waals surface area contributed by atoms with Crippen LogP contribution in [0.25, 0.3) is 0 Å². The SMILES string of the molecule is COC(=O)C(CNC1CC1)c1ccc(OC)cc1. The second-order valence-corrected chi connectivity index (χ2v) is 4.53. The molecule has 0 bridgehead atoms. The molecule has 0 amide bonds. The van der Waals surface area contributed by atoms with Crippen LogP contribution in [0.2, 0.25) is 0 Å². The topological polar surface area (TPSA) is 47.6 Å². The summed E-state index contributed by atoms with van der Waals surface area (Å²) in [5.41, 5.74) is 0.954. The van der Waals surface area contributed by atoms with Gasteiger partial charge in [0.2, 0.25) is 0 Å². The Morgan fingerprint density at radius 1 is 1.33 bits per heavy atom. The number of rotatable bonds is 6. The van der Waals surface area contributed by atoms with Crippen LogP contribution in [0.3, 0.4) is 0 Å². The number of carbonyl (C=O) groups is 1. The van der Waals surface area contributed by atoms with Gasteiger partial charge in [0.25, 0.3) is 0 Å². The van der Waals surface area contributed by atoms with E-state index in [1.807, 2.05) is 24.3 Å². The van der Waals surface area contributed by atoms with Crippen LogP contribution in [0.1, 0.15) is 24.3 Å². The van der Waals surface area contributed by atoms with E-state index in [0.29, 0.717) is 12.6 Å². The van der Waals surface area contributed by atoms with E-state index in [1.165, 1.54) is 20.0 Å². The molecule has 1 aliphatic carbocycles. The first-order chi connectivity index (χ1) is 8.74. The predicted molar refractivity (Wildman–Crippen MR) is 68.8 cm³/mol. The van der Waals surface area contributed by atoms with E-state index in [2.05, 4.69) is 5.32 Å². The number of esters is 1. The standard InChI is InChI=1S/C14H19NO3/c1-17-12-7-3-10(4-8-12)13(14(16)18-2)9-15-11-5-6-11/h3-4,7-8,11,13,15H,5-6,9H2,1-2H3. The molecule has 1 atom stereocenters. The number of hydrogen-bond acceptors (Lipinski definition) is 4. The molecule has 1 fully saturated rings. The maximum absolute atomic E-state index is 11.8. The van der Waals surface area contributed by atoms with Gasteiger partial charge >= 0.3 is 5.97 Å². The third kappa shape index (κ3) is 3.23. The normalized spacial score (nSPS) is 16.1. The molecule has 0 saturated heterocycles. The van der Waals surface area contributed by atoms with E-state index in [0.717, 1.165) is 11.3 Å².